The monoisotopic (exact) mass is 493 g/mol. The van der Waals surface area contributed by atoms with Crippen LogP contribution in [0, 0.1) is 13.8 Å². The molecule has 2 aromatic heterocycles. The number of urea groups is 1. The fourth-order valence-corrected chi connectivity index (χ4v) is 4.01. The Labute approximate surface area is 210 Å². The summed E-state index contributed by atoms with van der Waals surface area (Å²) in [5.74, 6) is 4.29. The fourth-order valence-electron chi connectivity index (χ4n) is 4.01. The molecule has 190 valence electrons. The number of methoxy groups -OCH3 is 3. The van der Waals surface area contributed by atoms with Gasteiger partial charge in [-0.3, -0.25) is 0 Å². The smallest absolute Gasteiger partial charge is 0.321 e. The number of piperazine rings is 1. The lowest BCUT2D eigenvalue weighted by molar-refractivity contribution is 0.208. The Bertz CT molecular complexity index is 1200. The molecule has 0 spiro atoms. The second kappa shape index (κ2) is 11.0. The Hall–Kier alpha value is -4.28. The Balaban J connectivity index is 1.40. The van der Waals surface area contributed by atoms with E-state index in [1.54, 1.807) is 23.2 Å². The van der Waals surface area contributed by atoms with Crippen LogP contribution in [0.5, 0.6) is 17.2 Å². The largest absolute Gasteiger partial charge is 0.493 e. The van der Waals surface area contributed by atoms with Crippen LogP contribution in [0.2, 0.25) is 0 Å². The van der Waals surface area contributed by atoms with Gasteiger partial charge in [-0.25, -0.2) is 19.7 Å². The highest BCUT2D eigenvalue weighted by molar-refractivity contribution is 5.90. The van der Waals surface area contributed by atoms with Crippen molar-refractivity contribution in [2.75, 3.05) is 63.0 Å². The molecule has 11 nitrogen and oxygen atoms in total. The summed E-state index contributed by atoms with van der Waals surface area (Å²) >= 11 is 0. The molecule has 0 saturated carbocycles. The number of ether oxygens (including phenoxy) is 3. The minimum atomic E-state index is -0.198. The average Bonchev–Trinajstić information content (AvgIpc) is 2.87. The van der Waals surface area contributed by atoms with E-state index in [2.05, 4.69) is 30.5 Å². The Morgan fingerprint density at radius 1 is 0.889 bits per heavy atom. The molecule has 11 heteroatoms. The number of carbonyl (C=O) groups excluding carboxylic acids is 1. The first-order valence-electron chi connectivity index (χ1n) is 11.6. The third-order valence-corrected chi connectivity index (χ3v) is 5.80. The molecule has 0 radical (unpaired) electrons. The third kappa shape index (κ3) is 5.68. The highest BCUT2D eigenvalue weighted by atomic mass is 16.5. The van der Waals surface area contributed by atoms with Crippen LogP contribution in [-0.2, 0) is 0 Å². The van der Waals surface area contributed by atoms with Gasteiger partial charge in [0.1, 0.15) is 23.3 Å². The molecule has 0 atom stereocenters. The molecule has 1 saturated heterocycles. The van der Waals surface area contributed by atoms with Gasteiger partial charge in [0.25, 0.3) is 0 Å². The summed E-state index contributed by atoms with van der Waals surface area (Å²) in [6.45, 7) is 6.24. The number of aryl methyl sites for hydroxylation is 2. The third-order valence-electron chi connectivity index (χ3n) is 5.80. The van der Waals surface area contributed by atoms with Crippen molar-refractivity contribution in [3.05, 3.63) is 47.9 Å². The van der Waals surface area contributed by atoms with Crippen molar-refractivity contribution in [2.45, 2.75) is 13.8 Å². The van der Waals surface area contributed by atoms with Crippen LogP contribution in [0.25, 0.3) is 0 Å². The van der Waals surface area contributed by atoms with Gasteiger partial charge in [0.2, 0.25) is 5.75 Å². The summed E-state index contributed by atoms with van der Waals surface area (Å²) in [5, 5.41) is 6.18. The van der Waals surface area contributed by atoms with E-state index >= 15 is 0 Å². The van der Waals surface area contributed by atoms with E-state index in [1.165, 1.54) is 21.3 Å². The number of hydrogen-bond acceptors (Lipinski definition) is 9. The van der Waals surface area contributed by atoms with Gasteiger partial charge < -0.3 is 34.6 Å². The lowest BCUT2D eigenvalue weighted by Gasteiger charge is -2.35. The maximum atomic E-state index is 12.9. The lowest BCUT2D eigenvalue weighted by Crippen LogP contribution is -2.50. The molecule has 3 aromatic rings. The first-order valence-corrected chi connectivity index (χ1v) is 11.6. The van der Waals surface area contributed by atoms with Gasteiger partial charge in [0.05, 0.1) is 27.0 Å². The summed E-state index contributed by atoms with van der Waals surface area (Å²) in [6, 6.07) is 9.02. The predicted octanol–water partition coefficient (Wildman–Crippen LogP) is 3.61. The van der Waals surface area contributed by atoms with Crippen LogP contribution in [0.4, 0.5) is 27.9 Å². The molecule has 1 aromatic carbocycles. The summed E-state index contributed by atoms with van der Waals surface area (Å²) in [4.78, 5) is 30.3. The van der Waals surface area contributed by atoms with Crippen molar-refractivity contribution in [2.24, 2.45) is 0 Å². The molecule has 2 amide bonds. The van der Waals surface area contributed by atoms with Crippen LogP contribution >= 0.6 is 0 Å². The van der Waals surface area contributed by atoms with Crippen LogP contribution in [0.1, 0.15) is 11.4 Å². The first-order chi connectivity index (χ1) is 17.4. The molecule has 3 heterocycles. The average molecular weight is 494 g/mol. The number of rotatable bonds is 7. The van der Waals surface area contributed by atoms with Gasteiger partial charge in [-0.05, 0) is 31.5 Å². The molecule has 36 heavy (non-hydrogen) atoms. The summed E-state index contributed by atoms with van der Waals surface area (Å²) in [6.07, 6.45) is 1.76. The quantitative estimate of drug-likeness (QED) is 0.509. The van der Waals surface area contributed by atoms with Gasteiger partial charge in [-0.15, -0.1) is 0 Å². The van der Waals surface area contributed by atoms with Crippen molar-refractivity contribution >= 4 is 29.2 Å². The molecule has 0 aliphatic carbocycles. The number of benzene rings is 1. The zero-order valence-electron chi connectivity index (χ0n) is 21.2. The zero-order chi connectivity index (χ0) is 25.7. The Kier molecular flexibility index (Phi) is 7.57. The maximum absolute atomic E-state index is 12.9. The number of aromatic nitrogens is 3. The molecule has 2 N–H and O–H groups in total. The second-order valence-electron chi connectivity index (χ2n) is 8.32. The van der Waals surface area contributed by atoms with Crippen molar-refractivity contribution in [1.29, 1.82) is 0 Å². The standard InChI is InChI=1S/C25H31N7O4/c1-16-6-7-26-21(12-16)30-22-15-23(28-17(2)27-22)31-8-10-32(11-9-31)25(33)29-18-13-19(34-3)24(36-5)20(14-18)35-4/h6-7,12-15H,8-11H2,1-5H3,(H,29,33)(H,26,27,28,30). The van der Waals surface area contributed by atoms with E-state index in [-0.39, 0.29) is 6.03 Å². The van der Waals surface area contributed by atoms with Gasteiger partial charge in [-0.2, -0.15) is 0 Å². The van der Waals surface area contributed by atoms with Gasteiger partial charge in [-0.1, -0.05) is 0 Å². The second-order valence-corrected chi connectivity index (χ2v) is 8.32. The van der Waals surface area contributed by atoms with Crippen molar-refractivity contribution in [1.82, 2.24) is 19.9 Å². The van der Waals surface area contributed by atoms with E-state index < -0.39 is 0 Å². The molecule has 0 unspecified atom stereocenters. The Morgan fingerprint density at radius 3 is 2.19 bits per heavy atom. The fraction of sp³-hybridized carbons (Fsp3) is 0.360. The molecule has 4 rings (SSSR count). The van der Waals surface area contributed by atoms with Crippen LogP contribution in [0.3, 0.4) is 0 Å². The van der Waals surface area contributed by atoms with E-state index in [1.807, 2.05) is 32.0 Å². The first kappa shape index (κ1) is 24.8. The highest BCUT2D eigenvalue weighted by Gasteiger charge is 2.23. The van der Waals surface area contributed by atoms with E-state index in [4.69, 9.17) is 14.2 Å². The number of carbonyl (C=O) groups is 1. The number of nitrogens with one attached hydrogen (secondary N) is 2. The predicted molar refractivity (Wildman–Crippen MR) is 138 cm³/mol. The topological polar surface area (TPSA) is 114 Å². The van der Waals surface area contributed by atoms with Gasteiger partial charge in [0, 0.05) is 50.6 Å². The number of pyridine rings is 1. The van der Waals surface area contributed by atoms with Gasteiger partial charge in [0.15, 0.2) is 11.5 Å². The normalized spacial score (nSPS) is 13.2. The molecule has 0 bridgehead atoms. The minimum Gasteiger partial charge on any atom is -0.493 e. The molecular formula is C25H31N7O4. The van der Waals surface area contributed by atoms with Crippen LogP contribution < -0.4 is 29.7 Å². The van der Waals surface area contributed by atoms with Crippen LogP contribution in [0.15, 0.2) is 36.5 Å². The highest BCUT2D eigenvalue weighted by Crippen LogP contribution is 2.40. The molecular weight excluding hydrogens is 462 g/mol. The SMILES string of the molecule is COc1cc(NC(=O)N2CCN(c3cc(Nc4cc(C)ccn4)nc(C)n3)CC2)cc(OC)c1OC. The number of nitrogens with zero attached hydrogens (tertiary/aromatic N) is 5. The molecule has 1 aliphatic rings. The Morgan fingerprint density at radius 2 is 1.58 bits per heavy atom. The zero-order valence-corrected chi connectivity index (χ0v) is 21.2. The number of anilines is 4. The summed E-state index contributed by atoms with van der Waals surface area (Å²) in [5.41, 5.74) is 1.67. The summed E-state index contributed by atoms with van der Waals surface area (Å²) in [7, 11) is 4.61. The van der Waals surface area contributed by atoms with E-state index in [0.717, 1.165) is 17.2 Å². The van der Waals surface area contributed by atoms with Crippen molar-refractivity contribution in [3.63, 3.8) is 0 Å². The van der Waals surface area contributed by atoms with Gasteiger partial charge >= 0.3 is 6.03 Å². The molecule has 1 fully saturated rings. The lowest BCUT2D eigenvalue weighted by atomic mass is 10.2. The minimum absolute atomic E-state index is 0.198. The summed E-state index contributed by atoms with van der Waals surface area (Å²) < 4.78 is 16.1. The van der Waals surface area contributed by atoms with Crippen molar-refractivity contribution in [3.8, 4) is 17.2 Å². The number of hydrogen-bond donors (Lipinski definition) is 2. The molecule has 1 aliphatic heterocycles. The number of amides is 2. The maximum Gasteiger partial charge on any atom is 0.321 e. The van der Waals surface area contributed by atoms with Crippen molar-refractivity contribution < 1.29 is 19.0 Å². The van der Waals surface area contributed by atoms with Crippen LogP contribution in [-0.4, -0.2) is 73.4 Å². The van der Waals surface area contributed by atoms with E-state index in [9.17, 15) is 4.79 Å². The van der Waals surface area contributed by atoms with E-state index in [0.29, 0.717) is 60.8 Å².